The summed E-state index contributed by atoms with van der Waals surface area (Å²) >= 11 is 6.07. The first-order chi connectivity index (χ1) is 15.6. The van der Waals surface area contributed by atoms with Gasteiger partial charge >= 0.3 is 0 Å². The van der Waals surface area contributed by atoms with Gasteiger partial charge in [-0.25, -0.2) is 0 Å². The molecule has 0 bridgehead atoms. The van der Waals surface area contributed by atoms with E-state index >= 15 is 0 Å². The average molecular weight is 472 g/mol. The number of likely N-dealkylation sites (tertiary alicyclic amines) is 1. The monoisotopic (exact) mass is 471 g/mol. The van der Waals surface area contributed by atoms with E-state index in [2.05, 4.69) is 0 Å². The number of benzene rings is 2. The number of Topliss-reactive ketones (excluding diaryl/α,β-unsaturated/α-hetero) is 1. The normalized spacial score (nSPS) is 17.9. The number of nitrogens with one attached hydrogen (secondary N) is 1. The molecule has 7 heteroatoms. The van der Waals surface area contributed by atoms with E-state index in [4.69, 9.17) is 16.3 Å². The lowest BCUT2D eigenvalue weighted by molar-refractivity contribution is -0.858. The van der Waals surface area contributed by atoms with Gasteiger partial charge in [0.25, 0.3) is 11.7 Å². The summed E-state index contributed by atoms with van der Waals surface area (Å²) in [5.74, 6) is -0.748. The number of ether oxygens (including phenoxy) is 1. The zero-order valence-corrected chi connectivity index (χ0v) is 20.6. The zero-order chi connectivity index (χ0) is 24.3. The van der Waals surface area contributed by atoms with Gasteiger partial charge in [-0.15, -0.1) is 0 Å². The molecule has 0 saturated carbocycles. The van der Waals surface area contributed by atoms with Crippen LogP contribution in [0.1, 0.15) is 43.0 Å². The summed E-state index contributed by atoms with van der Waals surface area (Å²) in [5, 5.41) is 11.8. The van der Waals surface area contributed by atoms with Crippen LogP contribution in [0, 0.1) is 6.92 Å². The van der Waals surface area contributed by atoms with Crippen molar-refractivity contribution in [3.8, 4) is 5.75 Å². The summed E-state index contributed by atoms with van der Waals surface area (Å²) in [6, 6.07) is 11.6. The summed E-state index contributed by atoms with van der Waals surface area (Å²) in [6.07, 6.45) is 0.752. The van der Waals surface area contributed by atoms with Crippen LogP contribution in [0.25, 0.3) is 5.76 Å². The van der Waals surface area contributed by atoms with Crippen molar-refractivity contribution in [1.82, 2.24) is 4.90 Å². The minimum absolute atomic E-state index is 0.0161. The molecule has 2 aromatic carbocycles. The van der Waals surface area contributed by atoms with E-state index in [1.54, 1.807) is 47.4 Å². The fraction of sp³-hybridized carbons (Fsp3) is 0.385. The Morgan fingerprint density at radius 2 is 1.82 bits per heavy atom. The summed E-state index contributed by atoms with van der Waals surface area (Å²) < 4.78 is 5.78. The molecule has 0 spiro atoms. The van der Waals surface area contributed by atoms with Crippen molar-refractivity contribution in [2.24, 2.45) is 0 Å². The third kappa shape index (κ3) is 5.57. The molecule has 176 valence electrons. The number of amides is 1. The number of ketones is 1. The highest BCUT2D eigenvalue weighted by atomic mass is 35.5. The lowest BCUT2D eigenvalue weighted by Crippen LogP contribution is -3.05. The molecule has 0 radical (unpaired) electrons. The second kappa shape index (κ2) is 10.4. The molecular formula is C26H32ClN2O4+. The van der Waals surface area contributed by atoms with Gasteiger partial charge in [-0.1, -0.05) is 23.7 Å². The summed E-state index contributed by atoms with van der Waals surface area (Å²) in [7, 11) is 4.08. The number of aliphatic hydroxyl groups is 1. The van der Waals surface area contributed by atoms with Crippen molar-refractivity contribution in [3.05, 3.63) is 69.8 Å². The van der Waals surface area contributed by atoms with Crippen LogP contribution in [0.15, 0.2) is 48.0 Å². The maximum Gasteiger partial charge on any atom is 0.295 e. The van der Waals surface area contributed by atoms with Crippen LogP contribution in [0.4, 0.5) is 0 Å². The maximum atomic E-state index is 13.1. The second-order valence-electron chi connectivity index (χ2n) is 9.00. The topological polar surface area (TPSA) is 71.3 Å². The van der Waals surface area contributed by atoms with Crippen molar-refractivity contribution in [3.63, 3.8) is 0 Å². The van der Waals surface area contributed by atoms with Crippen molar-refractivity contribution in [2.45, 2.75) is 39.3 Å². The summed E-state index contributed by atoms with van der Waals surface area (Å²) in [4.78, 5) is 28.9. The third-order valence-electron chi connectivity index (χ3n) is 5.61. The molecule has 33 heavy (non-hydrogen) atoms. The number of halogens is 1. The van der Waals surface area contributed by atoms with Crippen LogP contribution >= 0.6 is 11.6 Å². The minimum atomic E-state index is -0.676. The Balaban J connectivity index is 2.07. The number of carbonyl (C=O) groups is 2. The third-order valence-corrected chi connectivity index (χ3v) is 5.86. The van der Waals surface area contributed by atoms with Crippen LogP contribution < -0.4 is 9.64 Å². The number of quaternary nitrogens is 1. The Hall–Kier alpha value is -2.83. The van der Waals surface area contributed by atoms with Gasteiger partial charge in [0.05, 0.1) is 38.4 Å². The van der Waals surface area contributed by atoms with E-state index in [1.165, 1.54) is 4.90 Å². The number of hydrogen-bond acceptors (Lipinski definition) is 4. The molecule has 0 aliphatic carbocycles. The van der Waals surface area contributed by atoms with E-state index in [0.717, 1.165) is 24.1 Å². The molecule has 0 aromatic heterocycles. The number of hydrogen-bond donors (Lipinski definition) is 2. The SMILES string of the molecule is Cc1cc(C(O)=C2C(=O)C(=O)N(CCC[NH+](C)C)[C@@H]2c2ccc(Cl)cc2)ccc1OC(C)C. The largest absolute Gasteiger partial charge is 0.507 e. The molecule has 0 unspecified atom stereocenters. The summed E-state index contributed by atoms with van der Waals surface area (Å²) in [6.45, 7) is 7.04. The highest BCUT2D eigenvalue weighted by molar-refractivity contribution is 6.46. The first-order valence-electron chi connectivity index (χ1n) is 11.2. The fourth-order valence-electron chi connectivity index (χ4n) is 4.04. The first kappa shape index (κ1) is 24.8. The first-order valence-corrected chi connectivity index (χ1v) is 11.6. The van der Waals surface area contributed by atoms with Crippen LogP contribution in [0.2, 0.25) is 5.02 Å². The highest BCUT2D eigenvalue weighted by Crippen LogP contribution is 2.40. The molecule has 1 heterocycles. The van der Waals surface area contributed by atoms with Crippen LogP contribution in [-0.2, 0) is 9.59 Å². The van der Waals surface area contributed by atoms with Crippen molar-refractivity contribution < 1.29 is 24.3 Å². The van der Waals surface area contributed by atoms with E-state index in [-0.39, 0.29) is 17.4 Å². The summed E-state index contributed by atoms with van der Waals surface area (Å²) in [5.41, 5.74) is 2.13. The number of carbonyl (C=O) groups excluding carboxylic acids is 2. The van der Waals surface area contributed by atoms with Crippen LogP contribution in [0.5, 0.6) is 5.75 Å². The molecule has 1 saturated heterocycles. The van der Waals surface area contributed by atoms with E-state index in [1.807, 2.05) is 34.9 Å². The number of nitrogens with zero attached hydrogens (tertiary/aromatic N) is 1. The highest BCUT2D eigenvalue weighted by Gasteiger charge is 2.45. The average Bonchev–Trinajstić information content (AvgIpc) is 2.99. The van der Waals surface area contributed by atoms with Gasteiger partial charge in [0.1, 0.15) is 11.5 Å². The molecule has 2 N–H and O–H groups in total. The van der Waals surface area contributed by atoms with Crippen molar-refractivity contribution >= 4 is 29.1 Å². The molecular weight excluding hydrogens is 440 g/mol. The number of aliphatic hydroxyl groups excluding tert-OH is 1. The van der Waals surface area contributed by atoms with E-state index in [9.17, 15) is 14.7 Å². The smallest absolute Gasteiger partial charge is 0.295 e. The molecule has 1 aliphatic heterocycles. The Labute approximate surface area is 200 Å². The Morgan fingerprint density at radius 3 is 2.39 bits per heavy atom. The Bertz CT molecular complexity index is 1060. The fourth-order valence-corrected chi connectivity index (χ4v) is 4.17. The molecule has 1 fully saturated rings. The Kier molecular flexibility index (Phi) is 7.82. The van der Waals surface area contributed by atoms with Gasteiger partial charge in [0, 0.05) is 23.6 Å². The van der Waals surface area contributed by atoms with Crippen LogP contribution in [0.3, 0.4) is 0 Å². The van der Waals surface area contributed by atoms with Crippen molar-refractivity contribution in [1.29, 1.82) is 0 Å². The molecule has 3 rings (SSSR count). The number of rotatable bonds is 8. The molecule has 2 aromatic rings. The predicted octanol–water partition coefficient (Wildman–Crippen LogP) is 3.39. The Morgan fingerprint density at radius 1 is 1.15 bits per heavy atom. The van der Waals surface area contributed by atoms with Gasteiger partial charge in [0.15, 0.2) is 0 Å². The molecule has 1 aliphatic rings. The van der Waals surface area contributed by atoms with Crippen molar-refractivity contribution in [2.75, 3.05) is 27.2 Å². The maximum absolute atomic E-state index is 13.1. The predicted molar refractivity (Wildman–Crippen MR) is 130 cm³/mol. The molecule has 1 amide bonds. The molecule has 6 nitrogen and oxygen atoms in total. The van der Waals surface area contributed by atoms with Gasteiger partial charge in [-0.2, -0.15) is 0 Å². The van der Waals surface area contributed by atoms with Crippen LogP contribution in [-0.4, -0.2) is 55.0 Å². The van der Waals surface area contributed by atoms with Gasteiger partial charge in [-0.05, 0) is 62.2 Å². The second-order valence-corrected chi connectivity index (χ2v) is 9.44. The van der Waals surface area contributed by atoms with Gasteiger partial charge in [-0.3, -0.25) is 9.59 Å². The van der Waals surface area contributed by atoms with E-state index in [0.29, 0.717) is 22.9 Å². The van der Waals surface area contributed by atoms with Gasteiger partial charge in [0.2, 0.25) is 0 Å². The lowest BCUT2D eigenvalue weighted by atomic mass is 9.94. The van der Waals surface area contributed by atoms with E-state index < -0.39 is 17.7 Å². The number of aryl methyl sites for hydroxylation is 1. The standard InChI is InChI=1S/C26H31ClN2O4/c1-16(2)33-21-12-9-19(15-17(21)3)24(30)22-23(18-7-10-20(27)11-8-18)29(26(32)25(22)31)14-6-13-28(4)5/h7-12,15-16,23,30H,6,13-14H2,1-5H3/p+1/t23-/m1/s1. The zero-order valence-electron chi connectivity index (χ0n) is 19.8. The van der Waals surface area contributed by atoms with Gasteiger partial charge < -0.3 is 19.6 Å². The minimum Gasteiger partial charge on any atom is -0.507 e. The molecule has 1 atom stereocenters. The lowest BCUT2D eigenvalue weighted by Gasteiger charge is -2.25. The quantitative estimate of drug-likeness (QED) is 0.352.